The zero-order valence-electron chi connectivity index (χ0n) is 36.2. The normalized spacial score (nSPS) is 35.2. The summed E-state index contributed by atoms with van der Waals surface area (Å²) < 4.78 is 33.0. The second-order valence-corrected chi connectivity index (χ2v) is 17.8. The first kappa shape index (κ1) is 48.3. The third-order valence-corrected chi connectivity index (χ3v) is 12.5. The summed E-state index contributed by atoms with van der Waals surface area (Å²) in [6, 6.07) is 7.38. The lowest BCUT2D eigenvalue weighted by Crippen LogP contribution is -2.60. The lowest BCUT2D eigenvalue weighted by Gasteiger charge is -2.47. The number of methoxy groups -OCH3 is 1. The van der Waals surface area contributed by atoms with Crippen LogP contribution in [0.2, 0.25) is 0 Å². The smallest absolute Gasteiger partial charge is 0.407 e. The molecule has 330 valence electrons. The molecule has 13 atom stereocenters. The zero-order valence-corrected chi connectivity index (χ0v) is 37.8. The number of carbonyl (C=O) groups excluding carboxylic acids is 4. The summed E-state index contributed by atoms with van der Waals surface area (Å²) in [5.41, 5.74) is -1.82. The molecule has 1 aromatic carbocycles. The van der Waals surface area contributed by atoms with Gasteiger partial charge in [0.05, 0.1) is 29.9 Å². The third-order valence-electron chi connectivity index (χ3n) is 12.0. The number of esters is 1. The van der Waals surface area contributed by atoms with Crippen molar-refractivity contribution >= 4 is 39.6 Å². The van der Waals surface area contributed by atoms with Gasteiger partial charge >= 0.3 is 12.1 Å². The number of cyclic esters (lactones) is 1. The van der Waals surface area contributed by atoms with Crippen LogP contribution in [0.1, 0.15) is 81.1 Å². The molecule has 16 nitrogen and oxygen atoms in total. The fraction of sp³-hybridized carbons (Fsp3) is 0.714. The number of benzene rings is 1. The lowest BCUT2D eigenvalue weighted by atomic mass is 9.74. The Labute approximate surface area is 356 Å². The van der Waals surface area contributed by atoms with Crippen LogP contribution in [-0.2, 0) is 44.6 Å². The van der Waals surface area contributed by atoms with Crippen LogP contribution in [-0.4, -0.2) is 136 Å². The van der Waals surface area contributed by atoms with E-state index in [0.717, 1.165) is 10.0 Å². The van der Waals surface area contributed by atoms with Gasteiger partial charge in [0.25, 0.3) is 0 Å². The minimum Gasteiger partial charge on any atom is -0.459 e. The Hall–Kier alpha value is -3.32. The third kappa shape index (κ3) is 11.5. The molecule has 2 fully saturated rings. The number of halogens is 1. The van der Waals surface area contributed by atoms with Crippen molar-refractivity contribution in [3.8, 4) is 11.3 Å². The Balaban J connectivity index is 1.58. The fourth-order valence-corrected chi connectivity index (χ4v) is 8.82. The van der Waals surface area contributed by atoms with E-state index in [1.54, 1.807) is 45.5 Å². The van der Waals surface area contributed by atoms with Gasteiger partial charge in [0.1, 0.15) is 41.3 Å². The molecule has 0 aliphatic carbocycles. The Morgan fingerprint density at radius 2 is 1.76 bits per heavy atom. The van der Waals surface area contributed by atoms with E-state index < -0.39 is 83.4 Å². The molecule has 0 spiro atoms. The molecule has 3 heterocycles. The van der Waals surface area contributed by atoms with Crippen molar-refractivity contribution < 1.29 is 53.1 Å². The summed E-state index contributed by atoms with van der Waals surface area (Å²) in [5.74, 6) is -6.03. The van der Waals surface area contributed by atoms with Gasteiger partial charge in [0, 0.05) is 48.1 Å². The number of nitrogens with zero attached hydrogens (tertiary/aromatic N) is 4. The van der Waals surface area contributed by atoms with Crippen LogP contribution in [0.15, 0.2) is 34.9 Å². The van der Waals surface area contributed by atoms with Gasteiger partial charge in [-0.15, -0.1) is 5.10 Å². The topological polar surface area (TPSA) is 201 Å². The molecule has 1 aromatic heterocycles. The molecule has 4 rings (SSSR count). The fourth-order valence-electron chi connectivity index (χ4n) is 8.42. The van der Waals surface area contributed by atoms with E-state index in [9.17, 15) is 29.4 Å². The largest absolute Gasteiger partial charge is 0.459 e. The van der Waals surface area contributed by atoms with Crippen molar-refractivity contribution in [2.24, 2.45) is 23.7 Å². The number of ketones is 2. The van der Waals surface area contributed by atoms with Crippen molar-refractivity contribution in [3.05, 3.63) is 34.9 Å². The number of hydrogen-bond acceptors (Lipinski definition) is 14. The van der Waals surface area contributed by atoms with E-state index in [2.05, 4.69) is 31.6 Å². The number of hydrogen-bond donors (Lipinski definition) is 3. The molecule has 1 amide bonds. The van der Waals surface area contributed by atoms with Crippen molar-refractivity contribution in [3.63, 3.8) is 0 Å². The van der Waals surface area contributed by atoms with E-state index in [1.807, 2.05) is 50.2 Å². The maximum absolute atomic E-state index is 14.4. The summed E-state index contributed by atoms with van der Waals surface area (Å²) in [5, 5.41) is 34.6. The van der Waals surface area contributed by atoms with Crippen LogP contribution >= 0.6 is 15.9 Å². The van der Waals surface area contributed by atoms with Crippen LogP contribution in [0.3, 0.4) is 0 Å². The molecule has 2 saturated heterocycles. The number of aliphatic hydroxyl groups is 2. The number of amides is 1. The Morgan fingerprint density at radius 3 is 2.39 bits per heavy atom. The van der Waals surface area contributed by atoms with Gasteiger partial charge in [0.2, 0.25) is 0 Å². The number of aryl methyl sites for hydroxylation is 1. The molecule has 0 unspecified atom stereocenters. The molecule has 3 N–H and O–H groups in total. The van der Waals surface area contributed by atoms with E-state index in [-0.39, 0.29) is 37.3 Å². The molecular formula is C42H64BrN5O11. The van der Waals surface area contributed by atoms with Gasteiger partial charge in [-0.25, -0.2) is 4.79 Å². The Bertz CT molecular complexity index is 1760. The average Bonchev–Trinajstić information content (AvgIpc) is 3.67. The number of rotatable bonds is 11. The van der Waals surface area contributed by atoms with Crippen LogP contribution in [0.4, 0.5) is 4.79 Å². The molecule has 0 saturated carbocycles. The minimum absolute atomic E-state index is 0.0209. The number of nitrogens with one attached hydrogen (secondary N) is 1. The highest BCUT2D eigenvalue weighted by molar-refractivity contribution is 9.10. The first-order valence-corrected chi connectivity index (χ1v) is 21.3. The van der Waals surface area contributed by atoms with Crippen molar-refractivity contribution in [2.75, 3.05) is 27.7 Å². The molecular weight excluding hydrogens is 830 g/mol. The van der Waals surface area contributed by atoms with E-state index >= 15 is 0 Å². The molecule has 59 heavy (non-hydrogen) atoms. The predicted molar refractivity (Wildman–Crippen MR) is 221 cm³/mol. The predicted octanol–water partition coefficient (Wildman–Crippen LogP) is 4.57. The average molecular weight is 895 g/mol. The minimum atomic E-state index is -2.07. The second kappa shape index (κ2) is 20.5. The van der Waals surface area contributed by atoms with Gasteiger partial charge in [-0.2, -0.15) is 0 Å². The van der Waals surface area contributed by atoms with Gasteiger partial charge < -0.3 is 44.1 Å². The van der Waals surface area contributed by atoms with Crippen LogP contribution in [0.5, 0.6) is 0 Å². The first-order valence-electron chi connectivity index (χ1n) is 20.5. The zero-order chi connectivity index (χ0) is 44.0. The summed E-state index contributed by atoms with van der Waals surface area (Å²) in [6.07, 6.45) is -4.39. The number of carbonyl (C=O) groups is 4. The highest BCUT2D eigenvalue weighted by Crippen LogP contribution is 2.39. The van der Waals surface area contributed by atoms with Gasteiger partial charge in [0.15, 0.2) is 12.1 Å². The van der Waals surface area contributed by atoms with Gasteiger partial charge in [-0.05, 0) is 79.6 Å². The quantitative estimate of drug-likeness (QED) is 0.161. The SMILES string of the molecule is CC[C@H]1OC(=O)[C@H](C)C(=O)[C@H](C)[C@@H](O[C@H]2O[C@@H](C)C[C@@H](N(C)C)[C@@H]2O)[C@](C)(OC)C[C@@H](C)C(=O)[C@H](C)[C@@H](OC(=O)NCCCn2cc(-c3cccc(Br)c3)nn2)[C@]1(C)O. The molecule has 17 heteroatoms. The number of ether oxygens (including phenoxy) is 5. The maximum atomic E-state index is 14.4. The lowest BCUT2D eigenvalue weighted by molar-refractivity contribution is -0.295. The Kier molecular flexibility index (Phi) is 16.8. The van der Waals surface area contributed by atoms with Crippen LogP contribution in [0, 0.1) is 23.7 Å². The number of alkyl carbamates (subject to hydrolysis) is 1. The summed E-state index contributed by atoms with van der Waals surface area (Å²) >= 11 is 3.46. The number of likely N-dealkylation sites (N-methyl/N-ethyl adjacent to an activating group) is 1. The van der Waals surface area contributed by atoms with E-state index in [0.29, 0.717) is 25.1 Å². The summed E-state index contributed by atoms with van der Waals surface area (Å²) in [4.78, 5) is 57.7. The molecule has 2 aliphatic rings. The van der Waals surface area contributed by atoms with Crippen molar-refractivity contribution in [2.45, 2.75) is 142 Å². The van der Waals surface area contributed by atoms with E-state index in [4.69, 9.17) is 23.7 Å². The first-order chi connectivity index (χ1) is 27.6. The molecule has 2 aromatic rings. The van der Waals surface area contributed by atoms with Crippen LogP contribution in [0.25, 0.3) is 11.3 Å². The van der Waals surface area contributed by atoms with E-state index in [1.165, 1.54) is 21.0 Å². The monoisotopic (exact) mass is 893 g/mol. The number of aromatic nitrogens is 3. The standard InChI is InChI=1S/C42H64BrN5O11/c1-12-32-42(8,54)37(59-40(53)44-17-14-18-48-22-30(45-46-48)28-15-13-16-29(43)20-28)25(4)33(49)23(2)21-41(7,55-11)36(26(5)34(50)27(6)38(52)57-32)58-39-35(51)31(47(9)10)19-24(3)56-39/h13,15-16,20,22-27,31-32,35-37,39,51,54H,12,14,17-19,21H2,1-11H3,(H,44,53)/t23-,24+,25+,26+,27-,31-,32-,35+,36-,37-,39-,41-,42-/m1/s1. The van der Waals surface area contributed by atoms with Crippen LogP contribution < -0.4 is 5.32 Å². The molecule has 0 radical (unpaired) electrons. The molecule has 2 aliphatic heterocycles. The molecule has 0 bridgehead atoms. The maximum Gasteiger partial charge on any atom is 0.407 e. The van der Waals surface area contributed by atoms with Gasteiger partial charge in [-0.3, -0.25) is 19.1 Å². The van der Waals surface area contributed by atoms with Crippen molar-refractivity contribution in [1.29, 1.82) is 0 Å². The highest BCUT2D eigenvalue weighted by atomic mass is 79.9. The second-order valence-electron chi connectivity index (χ2n) is 16.9. The van der Waals surface area contributed by atoms with Crippen molar-refractivity contribution in [1.82, 2.24) is 25.2 Å². The Morgan fingerprint density at radius 1 is 1.08 bits per heavy atom. The number of Topliss-reactive ketones (excluding diaryl/α,β-unsaturated/α-hetero) is 2. The summed E-state index contributed by atoms with van der Waals surface area (Å²) in [7, 11) is 5.14. The highest BCUT2D eigenvalue weighted by Gasteiger charge is 2.53. The summed E-state index contributed by atoms with van der Waals surface area (Å²) in [6.45, 7) is 13.5. The number of aliphatic hydroxyl groups excluding tert-OH is 1. The van der Waals surface area contributed by atoms with Gasteiger partial charge in [-0.1, -0.05) is 61.0 Å².